The van der Waals surface area contributed by atoms with Crippen LogP contribution in [-0.2, 0) is 6.54 Å². The number of pyridine rings is 1. The summed E-state index contributed by atoms with van der Waals surface area (Å²) in [6.45, 7) is 3.09. The number of nitrogens with zero attached hydrogens (tertiary/aromatic N) is 1. The van der Waals surface area contributed by atoms with E-state index in [0.717, 1.165) is 11.3 Å². The van der Waals surface area contributed by atoms with Crippen LogP contribution >= 0.6 is 24.8 Å². The Labute approximate surface area is 90.5 Å². The molecule has 0 aliphatic rings. The van der Waals surface area contributed by atoms with E-state index in [1.54, 1.807) is 12.4 Å². The Bertz CT molecular complexity index is 233. The number of aromatic nitrogens is 1. The van der Waals surface area contributed by atoms with Gasteiger partial charge in [-0.3, -0.25) is 4.98 Å². The first-order valence-electron chi connectivity index (χ1n) is 3.64. The number of halogens is 2. The highest BCUT2D eigenvalue weighted by molar-refractivity contribution is 5.85. The van der Waals surface area contributed by atoms with E-state index in [0.29, 0.717) is 13.2 Å². The summed E-state index contributed by atoms with van der Waals surface area (Å²) in [5.41, 5.74) is 6.47. The first-order chi connectivity index (χ1) is 5.38. The summed E-state index contributed by atoms with van der Waals surface area (Å²) < 4.78 is 5.29. The average Bonchev–Trinajstić information content (AvgIpc) is 2.06. The van der Waals surface area contributed by atoms with E-state index < -0.39 is 0 Å². The second kappa shape index (κ2) is 8.10. The molecule has 0 aliphatic heterocycles. The van der Waals surface area contributed by atoms with Gasteiger partial charge >= 0.3 is 0 Å². The van der Waals surface area contributed by atoms with Crippen LogP contribution in [-0.4, -0.2) is 11.6 Å². The predicted molar refractivity (Wildman–Crippen MR) is 57.8 cm³/mol. The van der Waals surface area contributed by atoms with Crippen molar-refractivity contribution in [3.63, 3.8) is 0 Å². The summed E-state index contributed by atoms with van der Waals surface area (Å²) >= 11 is 0. The lowest BCUT2D eigenvalue weighted by atomic mass is 10.2. The topological polar surface area (TPSA) is 48.1 Å². The highest BCUT2D eigenvalue weighted by atomic mass is 35.5. The van der Waals surface area contributed by atoms with Crippen LogP contribution in [0.2, 0.25) is 0 Å². The highest BCUT2D eigenvalue weighted by Gasteiger charge is 1.98. The molecule has 0 radical (unpaired) electrons. The molecule has 13 heavy (non-hydrogen) atoms. The minimum atomic E-state index is 0. The molecule has 5 heteroatoms. The van der Waals surface area contributed by atoms with Crippen LogP contribution in [0.5, 0.6) is 5.75 Å². The Balaban J connectivity index is 0. The van der Waals surface area contributed by atoms with Crippen molar-refractivity contribution in [3.05, 3.63) is 24.0 Å². The Morgan fingerprint density at radius 3 is 2.69 bits per heavy atom. The maximum atomic E-state index is 5.47. The number of hydrogen-bond donors (Lipinski definition) is 1. The molecular weight excluding hydrogens is 211 g/mol. The molecule has 0 fully saturated rings. The first kappa shape index (κ1) is 15.0. The Morgan fingerprint density at radius 1 is 1.46 bits per heavy atom. The maximum Gasteiger partial charge on any atom is 0.142 e. The minimum Gasteiger partial charge on any atom is -0.492 e. The second-order valence-corrected chi connectivity index (χ2v) is 2.12. The molecule has 0 saturated heterocycles. The molecule has 76 valence electrons. The van der Waals surface area contributed by atoms with Gasteiger partial charge in [0.2, 0.25) is 0 Å². The van der Waals surface area contributed by atoms with Crippen LogP contribution in [0.4, 0.5) is 0 Å². The average molecular weight is 225 g/mol. The molecule has 1 aromatic heterocycles. The lowest BCUT2D eigenvalue weighted by Crippen LogP contribution is -2.02. The van der Waals surface area contributed by atoms with Crippen LogP contribution in [0, 0.1) is 0 Å². The van der Waals surface area contributed by atoms with Crippen molar-refractivity contribution in [1.29, 1.82) is 0 Å². The number of hydrogen-bond acceptors (Lipinski definition) is 3. The van der Waals surface area contributed by atoms with E-state index in [4.69, 9.17) is 10.5 Å². The normalized spacial score (nSPS) is 8.15. The van der Waals surface area contributed by atoms with Gasteiger partial charge in [-0.25, -0.2) is 0 Å². The third-order valence-electron chi connectivity index (χ3n) is 1.39. The second-order valence-electron chi connectivity index (χ2n) is 2.12. The third kappa shape index (κ3) is 4.31. The van der Waals surface area contributed by atoms with Crippen molar-refractivity contribution in [1.82, 2.24) is 4.98 Å². The number of ether oxygens (including phenoxy) is 1. The first-order valence-corrected chi connectivity index (χ1v) is 3.64. The lowest BCUT2D eigenvalue weighted by Gasteiger charge is -2.05. The van der Waals surface area contributed by atoms with Gasteiger partial charge in [0.25, 0.3) is 0 Å². The summed E-state index contributed by atoms with van der Waals surface area (Å²) in [5.74, 6) is 0.789. The monoisotopic (exact) mass is 224 g/mol. The Kier molecular flexibility index (Phi) is 9.34. The highest BCUT2D eigenvalue weighted by Crippen LogP contribution is 2.14. The van der Waals surface area contributed by atoms with Gasteiger partial charge in [0, 0.05) is 18.3 Å². The molecule has 0 unspecified atom stereocenters. The minimum absolute atomic E-state index is 0. The molecule has 0 atom stereocenters. The van der Waals surface area contributed by atoms with Crippen LogP contribution in [0.1, 0.15) is 12.5 Å². The zero-order chi connectivity index (χ0) is 8.10. The zero-order valence-corrected chi connectivity index (χ0v) is 9.03. The van der Waals surface area contributed by atoms with Crippen molar-refractivity contribution in [2.24, 2.45) is 5.73 Å². The molecule has 2 N–H and O–H groups in total. The summed E-state index contributed by atoms with van der Waals surface area (Å²) in [5, 5.41) is 0. The van der Waals surface area contributed by atoms with E-state index in [-0.39, 0.29) is 24.8 Å². The van der Waals surface area contributed by atoms with Gasteiger partial charge in [-0.15, -0.1) is 24.8 Å². The molecule has 0 amide bonds. The fourth-order valence-electron chi connectivity index (χ4n) is 0.863. The van der Waals surface area contributed by atoms with Gasteiger partial charge in [-0.2, -0.15) is 0 Å². The molecule has 1 aromatic rings. The van der Waals surface area contributed by atoms with Gasteiger partial charge in [-0.1, -0.05) is 0 Å². The van der Waals surface area contributed by atoms with Crippen molar-refractivity contribution < 1.29 is 4.74 Å². The van der Waals surface area contributed by atoms with E-state index in [1.165, 1.54) is 0 Å². The summed E-state index contributed by atoms with van der Waals surface area (Å²) in [7, 11) is 0. The van der Waals surface area contributed by atoms with Crippen LogP contribution in [0.3, 0.4) is 0 Å². The predicted octanol–water partition coefficient (Wildman–Crippen LogP) is 1.78. The molecule has 3 nitrogen and oxygen atoms in total. The molecule has 0 bridgehead atoms. The Morgan fingerprint density at radius 2 is 2.15 bits per heavy atom. The van der Waals surface area contributed by atoms with Crippen molar-refractivity contribution in [2.75, 3.05) is 6.61 Å². The van der Waals surface area contributed by atoms with Crippen LogP contribution < -0.4 is 10.5 Å². The van der Waals surface area contributed by atoms with Crippen molar-refractivity contribution in [3.8, 4) is 5.75 Å². The van der Waals surface area contributed by atoms with Crippen LogP contribution in [0.25, 0.3) is 0 Å². The van der Waals surface area contributed by atoms with Gasteiger partial charge in [0.1, 0.15) is 5.75 Å². The fourth-order valence-corrected chi connectivity index (χ4v) is 0.863. The maximum absolute atomic E-state index is 5.47. The standard InChI is InChI=1S/C8H12N2O.2ClH/c1-2-11-8-6-10-4-3-7(8)5-9;;/h3-4,6H,2,5,9H2,1H3;2*1H. The van der Waals surface area contributed by atoms with E-state index in [9.17, 15) is 0 Å². The summed E-state index contributed by atoms with van der Waals surface area (Å²) in [6.07, 6.45) is 3.40. The summed E-state index contributed by atoms with van der Waals surface area (Å²) in [4.78, 5) is 3.93. The van der Waals surface area contributed by atoms with Crippen molar-refractivity contribution >= 4 is 24.8 Å². The molecule has 0 spiro atoms. The smallest absolute Gasteiger partial charge is 0.142 e. The van der Waals surface area contributed by atoms with Gasteiger partial charge < -0.3 is 10.5 Å². The van der Waals surface area contributed by atoms with E-state index >= 15 is 0 Å². The van der Waals surface area contributed by atoms with Gasteiger partial charge in [-0.05, 0) is 13.0 Å². The van der Waals surface area contributed by atoms with E-state index in [2.05, 4.69) is 4.98 Å². The lowest BCUT2D eigenvalue weighted by molar-refractivity contribution is 0.335. The number of rotatable bonds is 3. The molecule has 1 heterocycles. The largest absolute Gasteiger partial charge is 0.492 e. The Hall–Kier alpha value is -0.510. The molecule has 0 saturated carbocycles. The molecular formula is C8H14Cl2N2O. The van der Waals surface area contributed by atoms with Crippen molar-refractivity contribution in [2.45, 2.75) is 13.5 Å². The van der Waals surface area contributed by atoms with Gasteiger partial charge in [0.15, 0.2) is 0 Å². The summed E-state index contributed by atoms with van der Waals surface area (Å²) in [6, 6.07) is 1.87. The molecule has 0 aromatic carbocycles. The number of nitrogens with two attached hydrogens (primary N) is 1. The third-order valence-corrected chi connectivity index (χ3v) is 1.39. The zero-order valence-electron chi connectivity index (χ0n) is 7.40. The fraction of sp³-hybridized carbons (Fsp3) is 0.375. The SMILES string of the molecule is CCOc1cnccc1CN.Cl.Cl. The van der Waals surface area contributed by atoms with E-state index in [1.807, 2.05) is 13.0 Å². The molecule has 0 aliphatic carbocycles. The van der Waals surface area contributed by atoms with Gasteiger partial charge in [0.05, 0.1) is 12.8 Å². The quantitative estimate of drug-likeness (QED) is 0.852. The molecule has 1 rings (SSSR count). The van der Waals surface area contributed by atoms with Crippen LogP contribution in [0.15, 0.2) is 18.5 Å².